The number of hydrogen-bond acceptors (Lipinski definition) is 4. The zero-order valence-electron chi connectivity index (χ0n) is 15.4. The summed E-state index contributed by atoms with van der Waals surface area (Å²) in [7, 11) is 0. The number of aryl methyl sites for hydroxylation is 1. The molecule has 0 fully saturated rings. The second-order valence-electron chi connectivity index (χ2n) is 7.44. The number of nitrogens with zero attached hydrogens (tertiary/aromatic N) is 3. The Morgan fingerprint density at radius 2 is 1.93 bits per heavy atom. The standard InChI is InChI=1S/C22H19ClN4O/c1-13-5-7-14(8-6-13)21-20-18(26-22-24-12-25-27(21)22)10-16(11-19(20)28)15-3-2-4-17(23)9-15/h2-9,12,16,21H,10-11H2,1H3,(H,24,25,26)/t16-,21+/m1/s1. The highest BCUT2D eigenvalue weighted by atomic mass is 35.5. The SMILES string of the molecule is Cc1ccc([C@H]2C3=C(C[C@@H](c4cccc(Cl)c4)CC3=O)Nc3ncnn32)cc1. The molecule has 2 heterocycles. The number of nitrogens with one attached hydrogen (secondary N) is 1. The zero-order chi connectivity index (χ0) is 19.3. The molecule has 2 aromatic carbocycles. The molecule has 1 N–H and O–H groups in total. The highest BCUT2D eigenvalue weighted by Gasteiger charge is 2.39. The molecule has 2 atom stereocenters. The number of carbonyl (C=O) groups excluding carboxylic acids is 1. The molecule has 140 valence electrons. The van der Waals surface area contributed by atoms with Gasteiger partial charge in [0.2, 0.25) is 5.95 Å². The number of fused-ring (bicyclic) bond motifs is 1. The van der Waals surface area contributed by atoms with Crippen molar-refractivity contribution in [2.24, 2.45) is 0 Å². The van der Waals surface area contributed by atoms with Crippen molar-refractivity contribution >= 4 is 23.3 Å². The van der Waals surface area contributed by atoms with Gasteiger partial charge in [-0.2, -0.15) is 10.1 Å². The Kier molecular flexibility index (Phi) is 4.05. The minimum absolute atomic E-state index is 0.102. The molecule has 0 spiro atoms. The number of ketones is 1. The fourth-order valence-corrected chi connectivity index (χ4v) is 4.40. The molecule has 0 radical (unpaired) electrons. The van der Waals surface area contributed by atoms with E-state index in [2.05, 4.69) is 46.6 Å². The molecular weight excluding hydrogens is 372 g/mol. The predicted octanol–water partition coefficient (Wildman–Crippen LogP) is 4.66. The quantitative estimate of drug-likeness (QED) is 0.691. The van der Waals surface area contributed by atoms with Crippen molar-refractivity contribution in [2.45, 2.75) is 31.7 Å². The number of Topliss-reactive ketones (excluding diaryl/α,β-unsaturated/α-hetero) is 1. The maximum atomic E-state index is 13.3. The van der Waals surface area contributed by atoms with Crippen molar-refractivity contribution in [2.75, 3.05) is 5.32 Å². The molecule has 1 aliphatic heterocycles. The van der Waals surface area contributed by atoms with Crippen LogP contribution in [0.2, 0.25) is 5.02 Å². The van der Waals surface area contributed by atoms with Gasteiger partial charge in [0.05, 0.1) is 0 Å². The normalized spacial score (nSPS) is 21.1. The Balaban J connectivity index is 1.59. The largest absolute Gasteiger partial charge is 0.328 e. The van der Waals surface area contributed by atoms with Crippen LogP contribution in [0.4, 0.5) is 5.95 Å². The summed E-state index contributed by atoms with van der Waals surface area (Å²) in [5.74, 6) is 0.917. The Labute approximate surface area is 168 Å². The van der Waals surface area contributed by atoms with Gasteiger partial charge in [0.15, 0.2) is 5.78 Å². The van der Waals surface area contributed by atoms with Crippen molar-refractivity contribution in [1.29, 1.82) is 0 Å². The molecule has 3 aromatic rings. The Morgan fingerprint density at radius 3 is 2.71 bits per heavy atom. The van der Waals surface area contributed by atoms with E-state index in [0.29, 0.717) is 17.4 Å². The van der Waals surface area contributed by atoms with Gasteiger partial charge in [0.25, 0.3) is 0 Å². The lowest BCUT2D eigenvalue weighted by molar-refractivity contribution is -0.116. The topological polar surface area (TPSA) is 59.8 Å². The van der Waals surface area contributed by atoms with Gasteiger partial charge in [-0.25, -0.2) is 4.68 Å². The molecule has 0 bridgehead atoms. The van der Waals surface area contributed by atoms with E-state index in [-0.39, 0.29) is 17.7 Å². The molecule has 1 aromatic heterocycles. The average molecular weight is 391 g/mol. The molecular formula is C22H19ClN4O. The van der Waals surface area contributed by atoms with Crippen LogP contribution < -0.4 is 5.32 Å². The monoisotopic (exact) mass is 390 g/mol. The van der Waals surface area contributed by atoms with Crippen LogP contribution in [-0.4, -0.2) is 20.5 Å². The average Bonchev–Trinajstić information content (AvgIpc) is 3.15. The molecule has 0 saturated carbocycles. The molecule has 0 amide bonds. The second-order valence-corrected chi connectivity index (χ2v) is 7.88. The lowest BCUT2D eigenvalue weighted by Gasteiger charge is -2.35. The predicted molar refractivity (Wildman–Crippen MR) is 108 cm³/mol. The van der Waals surface area contributed by atoms with Gasteiger partial charge < -0.3 is 5.32 Å². The van der Waals surface area contributed by atoms with E-state index in [1.54, 1.807) is 4.68 Å². The minimum Gasteiger partial charge on any atom is -0.328 e. The third-order valence-electron chi connectivity index (χ3n) is 5.57. The highest BCUT2D eigenvalue weighted by molar-refractivity contribution is 6.30. The molecule has 1 aliphatic carbocycles. The number of aromatic nitrogens is 3. The molecule has 6 heteroatoms. The first kappa shape index (κ1) is 17.2. The first-order valence-corrected chi connectivity index (χ1v) is 9.73. The van der Waals surface area contributed by atoms with Gasteiger partial charge in [-0.15, -0.1) is 0 Å². The number of rotatable bonds is 2. The van der Waals surface area contributed by atoms with Gasteiger partial charge in [-0.3, -0.25) is 4.79 Å². The molecule has 5 nitrogen and oxygen atoms in total. The maximum absolute atomic E-state index is 13.3. The van der Waals surface area contributed by atoms with Gasteiger partial charge >= 0.3 is 0 Å². The van der Waals surface area contributed by atoms with Gasteiger partial charge in [0, 0.05) is 22.7 Å². The number of benzene rings is 2. The van der Waals surface area contributed by atoms with Crippen molar-refractivity contribution in [3.8, 4) is 0 Å². The third kappa shape index (κ3) is 2.83. The number of hydrogen-bond donors (Lipinski definition) is 1. The zero-order valence-corrected chi connectivity index (χ0v) is 16.1. The molecule has 0 saturated heterocycles. The smallest absolute Gasteiger partial charge is 0.226 e. The van der Waals surface area contributed by atoms with E-state index >= 15 is 0 Å². The number of carbonyl (C=O) groups is 1. The third-order valence-corrected chi connectivity index (χ3v) is 5.81. The number of halogens is 1. The summed E-state index contributed by atoms with van der Waals surface area (Å²) < 4.78 is 1.81. The van der Waals surface area contributed by atoms with E-state index in [4.69, 9.17) is 11.6 Å². The summed E-state index contributed by atoms with van der Waals surface area (Å²) >= 11 is 6.17. The van der Waals surface area contributed by atoms with Crippen LogP contribution in [0.15, 0.2) is 66.1 Å². The van der Waals surface area contributed by atoms with E-state index in [0.717, 1.165) is 28.8 Å². The summed E-state index contributed by atoms with van der Waals surface area (Å²) in [4.78, 5) is 17.6. The van der Waals surface area contributed by atoms with Crippen LogP contribution in [0.5, 0.6) is 0 Å². The molecule has 2 aliphatic rings. The van der Waals surface area contributed by atoms with Crippen LogP contribution in [0.25, 0.3) is 0 Å². The fraction of sp³-hybridized carbons (Fsp3) is 0.227. The summed E-state index contributed by atoms with van der Waals surface area (Å²) in [5, 5.41) is 8.43. The first-order chi connectivity index (χ1) is 13.6. The highest BCUT2D eigenvalue weighted by Crippen LogP contribution is 2.43. The Hall–Kier alpha value is -2.92. The van der Waals surface area contributed by atoms with Crippen LogP contribution >= 0.6 is 11.6 Å². The second kappa shape index (κ2) is 6.60. The first-order valence-electron chi connectivity index (χ1n) is 9.35. The number of anilines is 1. The summed E-state index contributed by atoms with van der Waals surface area (Å²) in [6.45, 7) is 2.05. The summed E-state index contributed by atoms with van der Waals surface area (Å²) in [6.07, 6.45) is 2.74. The van der Waals surface area contributed by atoms with Crippen LogP contribution in [0, 0.1) is 6.92 Å². The van der Waals surface area contributed by atoms with Crippen LogP contribution in [0.3, 0.4) is 0 Å². The van der Waals surface area contributed by atoms with Crippen molar-refractivity contribution < 1.29 is 4.79 Å². The van der Waals surface area contributed by atoms with Crippen molar-refractivity contribution in [3.63, 3.8) is 0 Å². The molecule has 0 unspecified atom stereocenters. The number of allylic oxidation sites excluding steroid dienone is 2. The van der Waals surface area contributed by atoms with Crippen molar-refractivity contribution in [3.05, 3.63) is 87.8 Å². The van der Waals surface area contributed by atoms with E-state index in [9.17, 15) is 4.79 Å². The Morgan fingerprint density at radius 1 is 1.11 bits per heavy atom. The van der Waals surface area contributed by atoms with Gasteiger partial charge in [0.1, 0.15) is 12.4 Å². The summed E-state index contributed by atoms with van der Waals surface area (Å²) in [5.41, 5.74) is 5.04. The Bertz CT molecular complexity index is 1100. The van der Waals surface area contributed by atoms with Gasteiger partial charge in [-0.05, 0) is 42.5 Å². The summed E-state index contributed by atoms with van der Waals surface area (Å²) in [6, 6.07) is 15.8. The van der Waals surface area contributed by atoms with Crippen LogP contribution in [-0.2, 0) is 4.79 Å². The van der Waals surface area contributed by atoms with E-state index in [1.807, 2.05) is 24.3 Å². The lowest BCUT2D eigenvalue weighted by Crippen LogP contribution is -2.33. The van der Waals surface area contributed by atoms with E-state index in [1.165, 1.54) is 11.9 Å². The van der Waals surface area contributed by atoms with Crippen molar-refractivity contribution in [1.82, 2.24) is 14.8 Å². The maximum Gasteiger partial charge on any atom is 0.226 e. The fourth-order valence-electron chi connectivity index (χ4n) is 4.21. The lowest BCUT2D eigenvalue weighted by atomic mass is 9.78. The van der Waals surface area contributed by atoms with Gasteiger partial charge in [-0.1, -0.05) is 53.6 Å². The molecule has 28 heavy (non-hydrogen) atoms. The minimum atomic E-state index is -0.248. The van der Waals surface area contributed by atoms with Crippen LogP contribution in [0.1, 0.15) is 41.5 Å². The van der Waals surface area contributed by atoms with E-state index < -0.39 is 0 Å². The molecule has 5 rings (SSSR count).